The first-order chi connectivity index (χ1) is 15.4. The quantitative estimate of drug-likeness (QED) is 0.653. The van der Waals surface area contributed by atoms with Crippen molar-refractivity contribution in [2.45, 2.75) is 41.6 Å². The van der Waals surface area contributed by atoms with Gasteiger partial charge in [0.05, 0.1) is 34.1 Å². The summed E-state index contributed by atoms with van der Waals surface area (Å²) in [6.45, 7) is -0.182. The number of amides is 2. The highest BCUT2D eigenvalue weighted by Gasteiger charge is 2.57. The van der Waals surface area contributed by atoms with Crippen LogP contribution in [-0.2, 0) is 16.0 Å². The largest absolute Gasteiger partial charge is 0.416 e. The minimum Gasteiger partial charge on any atom is -0.314 e. The van der Waals surface area contributed by atoms with Gasteiger partial charge in [0.15, 0.2) is 0 Å². The van der Waals surface area contributed by atoms with Gasteiger partial charge < -0.3 is 10.2 Å². The molecule has 0 saturated carbocycles. The Bertz CT molecular complexity index is 1180. The number of piperidine rings is 1. The highest BCUT2D eigenvalue weighted by molar-refractivity contribution is 7.92. The minimum absolute atomic E-state index is 0.139. The summed E-state index contributed by atoms with van der Waals surface area (Å²) in [7, 11) is -5.65. The maximum Gasteiger partial charge on any atom is 0.416 e. The van der Waals surface area contributed by atoms with E-state index in [1.54, 1.807) is 0 Å². The van der Waals surface area contributed by atoms with E-state index in [-0.39, 0.29) is 31.1 Å². The lowest BCUT2D eigenvalue weighted by atomic mass is 10.0. The summed E-state index contributed by atoms with van der Waals surface area (Å²) in [5, 5.41) is 13.9. The van der Waals surface area contributed by atoms with Crippen molar-refractivity contribution in [1.29, 1.82) is 5.26 Å². The first-order valence-corrected chi connectivity index (χ1v) is 11.0. The van der Waals surface area contributed by atoms with Gasteiger partial charge in [-0.25, -0.2) is 13.2 Å². The van der Waals surface area contributed by atoms with Crippen molar-refractivity contribution in [2.75, 3.05) is 11.9 Å². The number of sulfone groups is 1. The third kappa shape index (κ3) is 4.72. The average Bonchev–Trinajstić information content (AvgIpc) is 2.78. The highest BCUT2D eigenvalue weighted by atomic mass is 32.2. The average molecular weight is 489 g/mol. The molecule has 1 N–H and O–H groups in total. The van der Waals surface area contributed by atoms with Gasteiger partial charge in [0.1, 0.15) is 12.1 Å². The van der Waals surface area contributed by atoms with E-state index < -0.39 is 49.4 Å². The van der Waals surface area contributed by atoms with Crippen LogP contribution >= 0.6 is 0 Å². The van der Waals surface area contributed by atoms with Crippen molar-refractivity contribution in [3.8, 4) is 6.07 Å². The van der Waals surface area contributed by atoms with Crippen LogP contribution in [0.2, 0.25) is 0 Å². The second kappa shape index (κ2) is 8.89. The molecule has 2 heterocycles. The van der Waals surface area contributed by atoms with Gasteiger partial charge in [0.2, 0.25) is 9.84 Å². The first-order valence-electron chi connectivity index (χ1n) is 9.47. The third-order valence-electron chi connectivity index (χ3n) is 5.06. The van der Waals surface area contributed by atoms with Crippen LogP contribution in [0.3, 0.4) is 0 Å². The van der Waals surface area contributed by atoms with Gasteiger partial charge >= 0.3 is 17.5 Å². The van der Waals surface area contributed by atoms with Gasteiger partial charge in [-0.1, -0.05) is 0 Å². The Morgan fingerprint density at radius 3 is 2.48 bits per heavy atom. The number of halogens is 5. The van der Waals surface area contributed by atoms with E-state index in [9.17, 15) is 26.4 Å². The van der Waals surface area contributed by atoms with E-state index >= 15 is 8.78 Å². The summed E-state index contributed by atoms with van der Waals surface area (Å²) < 4.78 is 95.3. The van der Waals surface area contributed by atoms with Crippen LogP contribution in [0.25, 0.3) is 0 Å². The smallest absolute Gasteiger partial charge is 0.314 e. The Labute approximate surface area is 184 Å². The second-order valence-electron chi connectivity index (χ2n) is 7.15. The van der Waals surface area contributed by atoms with Gasteiger partial charge in [-0.15, -0.1) is 0 Å². The lowest BCUT2D eigenvalue weighted by molar-refractivity contribution is -0.137. The number of carbonyl (C=O) groups excluding carboxylic acids is 1. The van der Waals surface area contributed by atoms with Crippen LogP contribution in [0, 0.1) is 11.3 Å². The van der Waals surface area contributed by atoms with Crippen molar-refractivity contribution >= 4 is 21.6 Å². The molecule has 3 rings (SSSR count). The van der Waals surface area contributed by atoms with Crippen LogP contribution in [0.4, 0.5) is 32.4 Å². The molecule has 14 heteroatoms. The van der Waals surface area contributed by atoms with E-state index in [1.807, 2.05) is 0 Å². The molecule has 0 radical (unpaired) electrons. The van der Waals surface area contributed by atoms with Gasteiger partial charge in [0.25, 0.3) is 0 Å². The van der Waals surface area contributed by atoms with Crippen molar-refractivity contribution < 1.29 is 35.2 Å². The van der Waals surface area contributed by atoms with Crippen LogP contribution in [0.1, 0.15) is 30.4 Å². The Hall–Kier alpha value is -3.34. The zero-order chi connectivity index (χ0) is 24.4. The van der Waals surface area contributed by atoms with Crippen LogP contribution in [0.5, 0.6) is 0 Å². The van der Waals surface area contributed by atoms with Crippen molar-refractivity contribution in [3.63, 3.8) is 0 Å². The maximum absolute atomic E-state index is 15.4. The summed E-state index contributed by atoms with van der Waals surface area (Å²) >= 11 is 0. The standard InChI is InChI=1S/C19H16F5N5O3S/c20-18(21,22)13-4-5-15(12(9-13)10-25)33(31,32)19(23,24)16-3-1-2-8-29(16)17(30)28-14-6-7-26-27-11-14/h4-7,9,11,16H,1-3,8H2,(H,26,28,30). The molecule has 33 heavy (non-hydrogen) atoms. The van der Waals surface area contributed by atoms with Crippen LogP contribution in [-0.4, -0.2) is 47.4 Å². The molecule has 0 bridgehead atoms. The van der Waals surface area contributed by atoms with Crippen molar-refractivity contribution in [2.24, 2.45) is 0 Å². The molecule has 176 valence electrons. The molecule has 1 atom stereocenters. The molecule has 1 saturated heterocycles. The van der Waals surface area contributed by atoms with Crippen molar-refractivity contribution in [3.05, 3.63) is 47.8 Å². The Balaban J connectivity index is 1.98. The molecule has 1 aliphatic heterocycles. The number of urea groups is 1. The molecule has 0 spiro atoms. The van der Waals surface area contributed by atoms with Crippen LogP contribution in [0.15, 0.2) is 41.6 Å². The number of nitriles is 1. The number of nitrogens with one attached hydrogen (secondary N) is 1. The zero-order valence-corrected chi connectivity index (χ0v) is 17.5. The lowest BCUT2D eigenvalue weighted by Gasteiger charge is -2.39. The van der Waals surface area contributed by atoms with E-state index in [1.165, 1.54) is 18.3 Å². The summed E-state index contributed by atoms with van der Waals surface area (Å²) in [6.07, 6.45) is -2.36. The molecule has 1 aromatic carbocycles. The summed E-state index contributed by atoms with van der Waals surface area (Å²) in [5.41, 5.74) is -2.29. The molecule has 1 aromatic heterocycles. The van der Waals surface area contributed by atoms with Gasteiger partial charge in [-0.2, -0.15) is 37.4 Å². The fourth-order valence-corrected chi connectivity index (χ4v) is 4.98. The number of hydrogen-bond acceptors (Lipinski definition) is 6. The second-order valence-corrected chi connectivity index (χ2v) is 9.14. The van der Waals surface area contributed by atoms with Gasteiger partial charge in [0, 0.05) is 6.54 Å². The number of benzene rings is 1. The van der Waals surface area contributed by atoms with Crippen LogP contribution < -0.4 is 5.32 Å². The predicted molar refractivity (Wildman–Crippen MR) is 104 cm³/mol. The topological polar surface area (TPSA) is 116 Å². The SMILES string of the molecule is N#Cc1cc(C(F)(F)F)ccc1S(=O)(=O)C(F)(F)C1CCCCN1C(=O)Nc1ccnnc1. The predicted octanol–water partition coefficient (Wildman–Crippen LogP) is 3.82. The number of likely N-dealkylation sites (tertiary alicyclic amines) is 1. The molecule has 2 amide bonds. The molecule has 1 aliphatic rings. The highest BCUT2D eigenvalue weighted by Crippen LogP contribution is 2.41. The summed E-state index contributed by atoms with van der Waals surface area (Å²) in [6, 6.07) is 0.314. The first kappa shape index (κ1) is 24.3. The Kier molecular flexibility index (Phi) is 6.55. The van der Waals surface area contributed by atoms with Gasteiger partial charge in [-0.05, 0) is 43.5 Å². The number of aromatic nitrogens is 2. The van der Waals surface area contributed by atoms with E-state index in [4.69, 9.17) is 5.26 Å². The molecule has 0 aliphatic carbocycles. The molecule has 2 aromatic rings. The zero-order valence-electron chi connectivity index (χ0n) is 16.7. The number of rotatable bonds is 4. The maximum atomic E-state index is 15.4. The fourth-order valence-electron chi connectivity index (χ4n) is 3.44. The summed E-state index contributed by atoms with van der Waals surface area (Å²) in [5.74, 6) is 0. The number of carbonyl (C=O) groups is 1. The number of hydrogen-bond donors (Lipinski definition) is 1. The Morgan fingerprint density at radius 1 is 1.15 bits per heavy atom. The number of nitrogens with zero attached hydrogens (tertiary/aromatic N) is 4. The minimum atomic E-state index is -5.65. The molecule has 1 fully saturated rings. The molecule has 1 unspecified atom stereocenters. The van der Waals surface area contributed by atoms with E-state index in [0.29, 0.717) is 23.5 Å². The normalized spacial score (nSPS) is 17.3. The molecule has 8 nitrogen and oxygen atoms in total. The molecular weight excluding hydrogens is 473 g/mol. The third-order valence-corrected chi connectivity index (χ3v) is 6.99. The summed E-state index contributed by atoms with van der Waals surface area (Å²) in [4.78, 5) is 12.0. The fraction of sp³-hybridized carbons (Fsp3) is 0.368. The Morgan fingerprint density at radius 2 is 1.88 bits per heavy atom. The monoisotopic (exact) mass is 489 g/mol. The number of alkyl halides is 5. The lowest BCUT2D eigenvalue weighted by Crippen LogP contribution is -2.57. The number of anilines is 1. The van der Waals surface area contributed by atoms with Crippen molar-refractivity contribution in [1.82, 2.24) is 15.1 Å². The molecular formula is C19H16F5N5O3S. The van der Waals surface area contributed by atoms with E-state index in [2.05, 4.69) is 15.5 Å². The van der Waals surface area contributed by atoms with Gasteiger partial charge in [-0.3, -0.25) is 0 Å². The van der Waals surface area contributed by atoms with E-state index in [0.717, 1.165) is 6.20 Å².